The summed E-state index contributed by atoms with van der Waals surface area (Å²) in [5.41, 5.74) is 7.05. The van der Waals surface area contributed by atoms with Crippen LogP contribution in [-0.4, -0.2) is 28.5 Å². The van der Waals surface area contributed by atoms with Crippen LogP contribution >= 0.6 is 0 Å². The molecule has 1 saturated heterocycles. The molecular weight excluding hydrogens is 214 g/mol. The van der Waals surface area contributed by atoms with Crippen molar-refractivity contribution in [2.45, 2.75) is 26.2 Å². The fraction of sp³-hybridized carbons (Fsp3) is 0.615. The largest absolute Gasteiger partial charge is 0.397 e. The second-order valence-corrected chi connectivity index (χ2v) is 5.10. The Bertz CT molecular complexity index is 411. The van der Waals surface area contributed by atoms with Crippen molar-refractivity contribution in [2.75, 3.05) is 18.8 Å². The Kier molecular flexibility index (Phi) is 3.41. The third kappa shape index (κ3) is 2.62. The second kappa shape index (κ2) is 4.82. The molecule has 1 unspecified atom stereocenters. The molecule has 2 N–H and O–H groups in total. The number of rotatable bonds is 1. The molecular formula is C13H21N3O. The lowest BCUT2D eigenvalue weighted by molar-refractivity contribution is 0.0751. The van der Waals surface area contributed by atoms with E-state index in [1.165, 1.54) is 6.42 Å². The predicted octanol–water partition coefficient (Wildman–Crippen LogP) is 1.87. The lowest BCUT2D eigenvalue weighted by Crippen LogP contribution is -2.33. The molecule has 1 fully saturated rings. The summed E-state index contributed by atoms with van der Waals surface area (Å²) >= 11 is 0. The number of hydrogen-bond donors (Lipinski definition) is 1. The number of nitrogen functional groups attached to an aromatic ring is 1. The predicted molar refractivity (Wildman–Crippen MR) is 68.7 cm³/mol. The molecule has 1 aromatic heterocycles. The van der Waals surface area contributed by atoms with Crippen molar-refractivity contribution in [2.24, 2.45) is 13.0 Å². The molecule has 94 valence electrons. The van der Waals surface area contributed by atoms with Crippen LogP contribution in [0.1, 0.15) is 36.7 Å². The summed E-state index contributed by atoms with van der Waals surface area (Å²) in [6.07, 6.45) is 5.21. The minimum Gasteiger partial charge on any atom is -0.397 e. The maximum atomic E-state index is 12.3. The number of nitrogens with two attached hydrogens (primary N) is 1. The highest BCUT2D eigenvalue weighted by molar-refractivity contribution is 5.93. The summed E-state index contributed by atoms with van der Waals surface area (Å²) in [6, 6.07) is 1.76. The summed E-state index contributed by atoms with van der Waals surface area (Å²) < 4.78 is 1.81. The molecule has 1 aliphatic heterocycles. The molecule has 17 heavy (non-hydrogen) atoms. The average molecular weight is 235 g/mol. The Labute approximate surface area is 102 Å². The fourth-order valence-corrected chi connectivity index (χ4v) is 2.43. The van der Waals surface area contributed by atoms with E-state index < -0.39 is 0 Å². The molecule has 0 radical (unpaired) electrons. The average Bonchev–Trinajstić information content (AvgIpc) is 2.49. The number of carbonyl (C=O) groups is 1. The minimum absolute atomic E-state index is 0.110. The molecule has 0 aromatic carbocycles. The number of hydrogen-bond acceptors (Lipinski definition) is 2. The Balaban J connectivity index is 2.11. The van der Waals surface area contributed by atoms with E-state index in [9.17, 15) is 4.79 Å². The number of anilines is 1. The van der Waals surface area contributed by atoms with Crippen molar-refractivity contribution in [3.05, 3.63) is 18.0 Å². The first-order chi connectivity index (χ1) is 8.08. The van der Waals surface area contributed by atoms with Crippen LogP contribution in [0.3, 0.4) is 0 Å². The number of carbonyl (C=O) groups excluding carboxylic acids is 1. The van der Waals surface area contributed by atoms with Crippen molar-refractivity contribution < 1.29 is 4.79 Å². The Hall–Kier alpha value is -1.45. The highest BCUT2D eigenvalue weighted by atomic mass is 16.2. The van der Waals surface area contributed by atoms with Crippen molar-refractivity contribution in [1.29, 1.82) is 0 Å². The molecule has 1 atom stereocenters. The number of nitrogens with zero attached hydrogens (tertiary/aromatic N) is 2. The van der Waals surface area contributed by atoms with Gasteiger partial charge in [0.1, 0.15) is 5.69 Å². The zero-order valence-electron chi connectivity index (χ0n) is 10.6. The fourth-order valence-electron chi connectivity index (χ4n) is 2.43. The molecule has 2 heterocycles. The van der Waals surface area contributed by atoms with Gasteiger partial charge in [0, 0.05) is 26.3 Å². The van der Waals surface area contributed by atoms with Gasteiger partial charge in [0.25, 0.3) is 5.91 Å². The van der Waals surface area contributed by atoms with Gasteiger partial charge in [-0.2, -0.15) is 0 Å². The van der Waals surface area contributed by atoms with E-state index in [1.807, 2.05) is 16.5 Å². The van der Waals surface area contributed by atoms with Crippen molar-refractivity contribution in [3.63, 3.8) is 0 Å². The molecule has 0 spiro atoms. The van der Waals surface area contributed by atoms with E-state index in [2.05, 4.69) is 6.92 Å². The Morgan fingerprint density at radius 3 is 2.82 bits per heavy atom. The Morgan fingerprint density at radius 2 is 2.18 bits per heavy atom. The van der Waals surface area contributed by atoms with Gasteiger partial charge in [-0.05, 0) is 31.2 Å². The molecule has 1 amide bonds. The summed E-state index contributed by atoms with van der Waals surface area (Å²) in [5, 5.41) is 0. The van der Waals surface area contributed by atoms with Crippen LogP contribution in [0.5, 0.6) is 0 Å². The minimum atomic E-state index is 0.110. The molecule has 0 aliphatic carbocycles. The van der Waals surface area contributed by atoms with Gasteiger partial charge in [-0.3, -0.25) is 4.79 Å². The van der Waals surface area contributed by atoms with Gasteiger partial charge in [-0.25, -0.2) is 0 Å². The monoisotopic (exact) mass is 235 g/mol. The zero-order valence-corrected chi connectivity index (χ0v) is 10.6. The van der Waals surface area contributed by atoms with Crippen LogP contribution in [0.25, 0.3) is 0 Å². The maximum absolute atomic E-state index is 12.3. The quantitative estimate of drug-likeness (QED) is 0.808. The molecule has 1 aliphatic rings. The second-order valence-electron chi connectivity index (χ2n) is 5.10. The molecule has 0 bridgehead atoms. The van der Waals surface area contributed by atoms with Gasteiger partial charge in [0.2, 0.25) is 0 Å². The molecule has 1 aromatic rings. The van der Waals surface area contributed by atoms with Crippen LogP contribution in [0.4, 0.5) is 5.69 Å². The van der Waals surface area contributed by atoms with Crippen LogP contribution in [0.15, 0.2) is 12.3 Å². The molecule has 0 saturated carbocycles. The normalized spacial score (nSPS) is 21.3. The summed E-state index contributed by atoms with van der Waals surface area (Å²) in [4.78, 5) is 14.3. The highest BCUT2D eigenvalue weighted by Gasteiger charge is 2.21. The van der Waals surface area contributed by atoms with Crippen LogP contribution < -0.4 is 5.73 Å². The Morgan fingerprint density at radius 1 is 1.41 bits per heavy atom. The van der Waals surface area contributed by atoms with E-state index in [0.717, 1.165) is 31.8 Å². The number of likely N-dealkylation sites (tertiary alicyclic amines) is 1. The lowest BCUT2D eigenvalue weighted by Gasteiger charge is -2.20. The number of aryl methyl sites for hydroxylation is 1. The van der Waals surface area contributed by atoms with Gasteiger partial charge in [-0.1, -0.05) is 6.92 Å². The van der Waals surface area contributed by atoms with Gasteiger partial charge >= 0.3 is 0 Å². The highest BCUT2D eigenvalue weighted by Crippen LogP contribution is 2.19. The standard InChI is InChI=1S/C13H21N3O/c1-10-4-3-6-16(7-5-10)13(17)12-8-11(14)9-15(12)2/h8-10H,3-7,14H2,1-2H3. The van der Waals surface area contributed by atoms with Gasteiger partial charge in [-0.15, -0.1) is 0 Å². The summed E-state index contributed by atoms with van der Waals surface area (Å²) in [6.45, 7) is 3.99. The van der Waals surface area contributed by atoms with E-state index in [4.69, 9.17) is 5.73 Å². The molecule has 2 rings (SSSR count). The van der Waals surface area contributed by atoms with Crippen LogP contribution in [0.2, 0.25) is 0 Å². The van der Waals surface area contributed by atoms with E-state index in [0.29, 0.717) is 11.4 Å². The summed E-state index contributed by atoms with van der Waals surface area (Å²) in [5.74, 6) is 0.838. The molecule has 4 heteroatoms. The first kappa shape index (κ1) is 12.0. The van der Waals surface area contributed by atoms with Gasteiger partial charge in [0.15, 0.2) is 0 Å². The SMILES string of the molecule is CC1CCCN(C(=O)c2cc(N)cn2C)CC1. The van der Waals surface area contributed by atoms with Crippen LogP contribution in [-0.2, 0) is 7.05 Å². The maximum Gasteiger partial charge on any atom is 0.270 e. The third-order valence-electron chi connectivity index (χ3n) is 3.55. The van der Waals surface area contributed by atoms with Gasteiger partial charge < -0.3 is 15.2 Å². The van der Waals surface area contributed by atoms with E-state index in [1.54, 1.807) is 12.3 Å². The first-order valence-electron chi connectivity index (χ1n) is 6.29. The van der Waals surface area contributed by atoms with Gasteiger partial charge in [0.05, 0.1) is 5.69 Å². The number of amides is 1. The van der Waals surface area contributed by atoms with E-state index >= 15 is 0 Å². The van der Waals surface area contributed by atoms with Crippen molar-refractivity contribution in [1.82, 2.24) is 9.47 Å². The smallest absolute Gasteiger partial charge is 0.270 e. The van der Waals surface area contributed by atoms with Crippen molar-refractivity contribution in [3.8, 4) is 0 Å². The molecule has 4 nitrogen and oxygen atoms in total. The third-order valence-corrected chi connectivity index (χ3v) is 3.55. The van der Waals surface area contributed by atoms with Crippen molar-refractivity contribution >= 4 is 11.6 Å². The summed E-state index contributed by atoms with van der Waals surface area (Å²) in [7, 11) is 1.87. The lowest BCUT2D eigenvalue weighted by atomic mass is 10.0. The van der Waals surface area contributed by atoms with Crippen LogP contribution in [0, 0.1) is 5.92 Å². The number of aromatic nitrogens is 1. The van der Waals surface area contributed by atoms with E-state index in [-0.39, 0.29) is 5.91 Å². The first-order valence-corrected chi connectivity index (χ1v) is 6.29. The topological polar surface area (TPSA) is 51.3 Å². The zero-order chi connectivity index (χ0) is 12.4.